The van der Waals surface area contributed by atoms with Gasteiger partial charge < -0.3 is 9.88 Å². The summed E-state index contributed by atoms with van der Waals surface area (Å²) in [6.07, 6.45) is 2.96. The minimum absolute atomic E-state index is 0.0325. The van der Waals surface area contributed by atoms with Gasteiger partial charge in [0.15, 0.2) is 0 Å². The van der Waals surface area contributed by atoms with Crippen LogP contribution >= 0.6 is 15.9 Å². The molecule has 1 aromatic rings. The molecule has 3 nitrogen and oxygen atoms in total. The van der Waals surface area contributed by atoms with Crippen molar-refractivity contribution in [1.29, 1.82) is 0 Å². The lowest BCUT2D eigenvalue weighted by atomic mass is 9.92. The molecule has 1 N–H and O–H groups in total. The first-order valence-electron chi connectivity index (χ1n) is 5.96. The third kappa shape index (κ3) is 5.50. The van der Waals surface area contributed by atoms with Crippen LogP contribution in [0, 0.1) is 5.41 Å². The van der Waals surface area contributed by atoms with Crippen molar-refractivity contribution in [3.05, 3.63) is 33.2 Å². The summed E-state index contributed by atoms with van der Waals surface area (Å²) in [6, 6.07) is 3.65. The van der Waals surface area contributed by atoms with E-state index in [0.717, 1.165) is 19.5 Å². The fourth-order valence-electron chi connectivity index (χ4n) is 1.47. The van der Waals surface area contributed by atoms with Crippen molar-refractivity contribution in [2.24, 2.45) is 5.41 Å². The molecule has 17 heavy (non-hydrogen) atoms. The summed E-state index contributed by atoms with van der Waals surface area (Å²) in [4.78, 5) is 11.7. The predicted octanol–water partition coefficient (Wildman–Crippen LogP) is 2.64. The van der Waals surface area contributed by atoms with Crippen LogP contribution in [0.5, 0.6) is 0 Å². The largest absolute Gasteiger partial charge is 0.315 e. The predicted molar refractivity (Wildman–Crippen MR) is 75.3 cm³/mol. The highest BCUT2D eigenvalue weighted by atomic mass is 79.9. The molecular weight excluding hydrogens is 280 g/mol. The number of hydrogen-bond acceptors (Lipinski definition) is 2. The Balaban J connectivity index is 2.32. The van der Waals surface area contributed by atoms with Gasteiger partial charge in [-0.05, 0) is 46.4 Å². The Morgan fingerprint density at radius 2 is 2.06 bits per heavy atom. The molecule has 0 fully saturated rings. The standard InChI is InChI=1S/C13H21BrN2O/c1-13(2,3)6-7-15-8-10-16-9-4-5-11(14)12(16)17/h4-5,9,15H,6-8,10H2,1-3H3. The molecule has 0 aromatic carbocycles. The van der Waals surface area contributed by atoms with Gasteiger partial charge in [0.1, 0.15) is 0 Å². The highest BCUT2D eigenvalue weighted by Crippen LogP contribution is 2.16. The summed E-state index contributed by atoms with van der Waals surface area (Å²) < 4.78 is 2.34. The van der Waals surface area contributed by atoms with E-state index in [1.165, 1.54) is 0 Å². The Morgan fingerprint density at radius 1 is 1.35 bits per heavy atom. The van der Waals surface area contributed by atoms with E-state index in [4.69, 9.17) is 0 Å². The second-order valence-electron chi connectivity index (χ2n) is 5.42. The fourth-order valence-corrected chi connectivity index (χ4v) is 1.85. The molecule has 1 rings (SSSR count). The monoisotopic (exact) mass is 300 g/mol. The summed E-state index contributed by atoms with van der Waals surface area (Å²) >= 11 is 3.24. The molecule has 0 aliphatic heterocycles. The van der Waals surface area contributed by atoms with Crippen LogP contribution in [-0.4, -0.2) is 17.7 Å². The van der Waals surface area contributed by atoms with Gasteiger partial charge in [0.05, 0.1) is 4.47 Å². The lowest BCUT2D eigenvalue weighted by molar-refractivity contribution is 0.365. The molecule has 0 amide bonds. The van der Waals surface area contributed by atoms with E-state index < -0.39 is 0 Å². The van der Waals surface area contributed by atoms with Gasteiger partial charge >= 0.3 is 0 Å². The van der Waals surface area contributed by atoms with E-state index in [0.29, 0.717) is 16.4 Å². The normalized spacial score (nSPS) is 11.8. The fraction of sp³-hybridized carbons (Fsp3) is 0.615. The highest BCUT2D eigenvalue weighted by molar-refractivity contribution is 9.10. The minimum Gasteiger partial charge on any atom is -0.315 e. The van der Waals surface area contributed by atoms with Crippen molar-refractivity contribution in [3.8, 4) is 0 Å². The zero-order valence-corrected chi connectivity index (χ0v) is 12.4. The summed E-state index contributed by atoms with van der Waals surface area (Å²) in [5.74, 6) is 0. The summed E-state index contributed by atoms with van der Waals surface area (Å²) in [6.45, 7) is 9.22. The van der Waals surface area contributed by atoms with E-state index in [9.17, 15) is 4.79 Å². The molecule has 0 aliphatic rings. The van der Waals surface area contributed by atoms with Crippen LogP contribution in [0.4, 0.5) is 0 Å². The first-order chi connectivity index (χ1) is 7.90. The van der Waals surface area contributed by atoms with Crippen molar-refractivity contribution < 1.29 is 0 Å². The van der Waals surface area contributed by atoms with Gasteiger partial charge in [-0.2, -0.15) is 0 Å². The SMILES string of the molecule is CC(C)(C)CCNCCn1cccc(Br)c1=O. The van der Waals surface area contributed by atoms with Crippen LogP contribution in [0.25, 0.3) is 0 Å². The Labute approximate surface area is 111 Å². The van der Waals surface area contributed by atoms with Gasteiger partial charge in [0, 0.05) is 19.3 Å². The quantitative estimate of drug-likeness (QED) is 0.848. The molecule has 1 aromatic heterocycles. The van der Waals surface area contributed by atoms with Gasteiger partial charge in [-0.25, -0.2) is 0 Å². The molecular formula is C13H21BrN2O. The molecule has 0 aliphatic carbocycles. The van der Waals surface area contributed by atoms with Crippen LogP contribution in [0.3, 0.4) is 0 Å². The maximum Gasteiger partial charge on any atom is 0.264 e. The second-order valence-corrected chi connectivity index (χ2v) is 6.27. The molecule has 0 unspecified atom stereocenters. The number of aromatic nitrogens is 1. The third-order valence-corrected chi connectivity index (χ3v) is 3.16. The molecule has 1 heterocycles. The van der Waals surface area contributed by atoms with Gasteiger partial charge in [0.25, 0.3) is 5.56 Å². The third-order valence-electron chi connectivity index (χ3n) is 2.55. The number of nitrogens with one attached hydrogen (secondary N) is 1. The van der Waals surface area contributed by atoms with Crippen LogP contribution in [0.2, 0.25) is 0 Å². The first-order valence-corrected chi connectivity index (χ1v) is 6.75. The lowest BCUT2D eigenvalue weighted by Gasteiger charge is -2.18. The average Bonchev–Trinajstić information content (AvgIpc) is 2.22. The highest BCUT2D eigenvalue weighted by Gasteiger charge is 2.08. The summed E-state index contributed by atoms with van der Waals surface area (Å²) in [5, 5.41) is 3.36. The number of halogens is 1. The van der Waals surface area contributed by atoms with Crippen molar-refractivity contribution in [3.63, 3.8) is 0 Å². The van der Waals surface area contributed by atoms with Crippen LogP contribution in [0.1, 0.15) is 27.2 Å². The number of nitrogens with zero attached hydrogens (tertiary/aromatic N) is 1. The number of hydrogen-bond donors (Lipinski definition) is 1. The summed E-state index contributed by atoms with van der Waals surface area (Å²) in [5.41, 5.74) is 0.393. The van der Waals surface area contributed by atoms with E-state index in [2.05, 4.69) is 42.0 Å². The van der Waals surface area contributed by atoms with E-state index in [-0.39, 0.29) is 5.56 Å². The lowest BCUT2D eigenvalue weighted by Crippen LogP contribution is -2.28. The molecule has 0 radical (unpaired) electrons. The van der Waals surface area contributed by atoms with Gasteiger partial charge in [0.2, 0.25) is 0 Å². The second kappa shape index (κ2) is 6.36. The maximum absolute atomic E-state index is 11.7. The van der Waals surface area contributed by atoms with Crippen molar-refractivity contribution in [2.45, 2.75) is 33.7 Å². The molecule has 0 bridgehead atoms. The number of pyridine rings is 1. The smallest absolute Gasteiger partial charge is 0.264 e. The van der Waals surface area contributed by atoms with Gasteiger partial charge in [-0.1, -0.05) is 20.8 Å². The molecule has 0 spiro atoms. The Bertz CT molecular complexity index is 407. The molecule has 0 saturated heterocycles. The molecule has 96 valence electrons. The molecule has 4 heteroatoms. The van der Waals surface area contributed by atoms with Crippen LogP contribution in [-0.2, 0) is 6.54 Å². The van der Waals surface area contributed by atoms with Gasteiger partial charge in [-0.3, -0.25) is 4.79 Å². The average molecular weight is 301 g/mol. The minimum atomic E-state index is 0.0325. The Morgan fingerprint density at radius 3 is 2.71 bits per heavy atom. The molecule has 0 atom stereocenters. The van der Waals surface area contributed by atoms with Crippen molar-refractivity contribution in [1.82, 2.24) is 9.88 Å². The van der Waals surface area contributed by atoms with E-state index in [1.54, 1.807) is 10.6 Å². The van der Waals surface area contributed by atoms with Crippen LogP contribution < -0.4 is 10.9 Å². The molecule has 0 saturated carbocycles. The van der Waals surface area contributed by atoms with Crippen molar-refractivity contribution in [2.75, 3.05) is 13.1 Å². The van der Waals surface area contributed by atoms with Crippen LogP contribution in [0.15, 0.2) is 27.6 Å². The zero-order valence-electron chi connectivity index (χ0n) is 10.8. The topological polar surface area (TPSA) is 34.0 Å². The van der Waals surface area contributed by atoms with E-state index >= 15 is 0 Å². The Hall–Kier alpha value is -0.610. The number of rotatable bonds is 5. The van der Waals surface area contributed by atoms with E-state index in [1.807, 2.05) is 12.3 Å². The van der Waals surface area contributed by atoms with Crippen molar-refractivity contribution >= 4 is 15.9 Å². The zero-order chi connectivity index (χ0) is 12.9. The maximum atomic E-state index is 11.7. The first kappa shape index (κ1) is 14.5. The van der Waals surface area contributed by atoms with Gasteiger partial charge in [-0.15, -0.1) is 0 Å². The Kier molecular flexibility index (Phi) is 5.40. The summed E-state index contributed by atoms with van der Waals surface area (Å²) in [7, 11) is 0.